The molecule has 7 heteroatoms. The Morgan fingerprint density at radius 1 is 0.523 bits per heavy atom. The summed E-state index contributed by atoms with van der Waals surface area (Å²) in [6.45, 7) is 0. The van der Waals surface area contributed by atoms with Gasteiger partial charge in [0.05, 0.1) is 5.69 Å². The summed E-state index contributed by atoms with van der Waals surface area (Å²) in [4.78, 5) is 22.7. The highest BCUT2D eigenvalue weighted by Crippen LogP contribution is 2.41. The van der Waals surface area contributed by atoms with Gasteiger partial charge in [-0.1, -0.05) is 66.7 Å². The summed E-state index contributed by atoms with van der Waals surface area (Å²) in [7, 11) is 0. The Kier molecular flexibility index (Phi) is 6.63. The highest BCUT2D eigenvalue weighted by Gasteiger charge is 2.16. The van der Waals surface area contributed by atoms with Gasteiger partial charge in [0.2, 0.25) is 5.28 Å². The number of aromatic nitrogens is 5. The lowest BCUT2D eigenvalue weighted by Gasteiger charge is -2.11. The number of fused-ring (bicyclic) bond motifs is 3. The first-order chi connectivity index (χ1) is 21.7. The quantitative estimate of drug-likeness (QED) is 0.196. The van der Waals surface area contributed by atoms with Crippen molar-refractivity contribution in [2.75, 3.05) is 0 Å². The molecular weight excluding hydrogens is 582 g/mol. The molecule has 0 saturated heterocycles. The molecule has 4 heterocycles. The average molecular weight is 604 g/mol. The van der Waals surface area contributed by atoms with Crippen LogP contribution in [-0.2, 0) is 0 Å². The maximum absolute atomic E-state index is 6.42. The molecule has 0 unspecified atom stereocenters. The molecule has 0 amide bonds. The summed E-state index contributed by atoms with van der Waals surface area (Å²) < 4.78 is 2.29. The summed E-state index contributed by atoms with van der Waals surface area (Å²) in [5.41, 5.74) is 8.21. The summed E-state index contributed by atoms with van der Waals surface area (Å²) in [5.74, 6) is 1.11. The van der Waals surface area contributed by atoms with E-state index < -0.39 is 0 Å². The van der Waals surface area contributed by atoms with Crippen LogP contribution in [0.4, 0.5) is 0 Å². The van der Waals surface area contributed by atoms with Crippen molar-refractivity contribution in [2.45, 2.75) is 0 Å². The zero-order valence-corrected chi connectivity index (χ0v) is 24.8. The van der Waals surface area contributed by atoms with Crippen LogP contribution in [0.3, 0.4) is 0 Å². The van der Waals surface area contributed by atoms with Gasteiger partial charge >= 0.3 is 0 Å². The molecule has 0 N–H and O–H groups in total. The Balaban J connectivity index is 1.27. The Bertz CT molecular complexity index is 2230. The molecule has 0 radical (unpaired) electrons. The van der Waals surface area contributed by atoms with Crippen molar-refractivity contribution in [1.29, 1.82) is 0 Å². The Hall–Kier alpha value is -5.30. The predicted molar refractivity (Wildman–Crippen MR) is 180 cm³/mol. The van der Waals surface area contributed by atoms with Crippen molar-refractivity contribution < 1.29 is 0 Å². The molecule has 0 aliphatic heterocycles. The predicted octanol–water partition coefficient (Wildman–Crippen LogP) is 10.0. The largest absolute Gasteiger partial charge is 0.264 e. The van der Waals surface area contributed by atoms with Crippen LogP contribution in [0.5, 0.6) is 0 Å². The number of nitrogens with zero attached hydrogens (tertiary/aromatic N) is 5. The molecule has 0 atom stereocenters. The van der Waals surface area contributed by atoms with Crippen LogP contribution in [0.2, 0.25) is 5.28 Å². The van der Waals surface area contributed by atoms with Crippen molar-refractivity contribution in [2.24, 2.45) is 0 Å². The van der Waals surface area contributed by atoms with E-state index in [-0.39, 0.29) is 5.28 Å². The standard InChI is InChI=1S/C37H22ClN5S/c38-37-42-35(23-8-2-1-3-9-23)41-36(43-37)31-12-6-11-30-29-15-14-24(21-33(29)44-34(30)31)26-18-27(25-10-7-16-39-22-25)20-28(19-26)32-13-4-5-17-40-32/h1-22H. The highest BCUT2D eigenvalue weighted by atomic mass is 35.5. The van der Waals surface area contributed by atoms with Gasteiger partial charge in [-0.3, -0.25) is 9.97 Å². The number of pyridine rings is 2. The SMILES string of the molecule is Clc1nc(-c2ccccc2)nc(-c2cccc3c2sc2cc(-c4cc(-c5cccnc5)cc(-c5ccccn5)c4)ccc23)n1. The van der Waals surface area contributed by atoms with Gasteiger partial charge in [0.1, 0.15) is 0 Å². The first-order valence-electron chi connectivity index (χ1n) is 14.1. The van der Waals surface area contributed by atoms with Gasteiger partial charge < -0.3 is 0 Å². The molecular formula is C37H22ClN5S. The lowest BCUT2D eigenvalue weighted by Crippen LogP contribution is -1.97. The van der Waals surface area contributed by atoms with Crippen LogP contribution < -0.4 is 0 Å². The molecule has 5 nitrogen and oxygen atoms in total. The molecule has 0 saturated carbocycles. The normalized spacial score (nSPS) is 11.3. The maximum Gasteiger partial charge on any atom is 0.226 e. The molecule has 0 aliphatic rings. The second-order valence-electron chi connectivity index (χ2n) is 10.4. The molecule has 44 heavy (non-hydrogen) atoms. The minimum Gasteiger partial charge on any atom is -0.264 e. The van der Waals surface area contributed by atoms with Gasteiger partial charge in [-0.05, 0) is 76.8 Å². The molecule has 8 rings (SSSR count). The van der Waals surface area contributed by atoms with Crippen LogP contribution >= 0.6 is 22.9 Å². The van der Waals surface area contributed by atoms with E-state index in [4.69, 9.17) is 16.6 Å². The summed E-state index contributed by atoms with van der Waals surface area (Å²) >= 11 is 8.15. The van der Waals surface area contributed by atoms with E-state index in [1.807, 2.05) is 73.1 Å². The number of thiophene rings is 1. The first kappa shape index (κ1) is 26.3. The Morgan fingerprint density at radius 2 is 1.32 bits per heavy atom. The fraction of sp³-hybridized carbons (Fsp3) is 0. The molecule has 4 aromatic heterocycles. The fourth-order valence-electron chi connectivity index (χ4n) is 5.52. The van der Waals surface area contributed by atoms with Crippen LogP contribution in [0.15, 0.2) is 134 Å². The van der Waals surface area contributed by atoms with Gasteiger partial charge in [-0.2, -0.15) is 9.97 Å². The van der Waals surface area contributed by atoms with Gasteiger partial charge in [-0.15, -0.1) is 11.3 Å². The van der Waals surface area contributed by atoms with E-state index in [9.17, 15) is 0 Å². The van der Waals surface area contributed by atoms with Crippen LogP contribution in [0, 0.1) is 0 Å². The third-order valence-corrected chi connectivity index (χ3v) is 8.97. The topological polar surface area (TPSA) is 64.5 Å². The number of rotatable bonds is 5. The Morgan fingerprint density at radius 3 is 2.14 bits per heavy atom. The van der Waals surface area contributed by atoms with E-state index in [1.165, 1.54) is 10.1 Å². The number of hydrogen-bond donors (Lipinski definition) is 0. The van der Waals surface area contributed by atoms with Gasteiger partial charge in [0, 0.05) is 61.0 Å². The van der Waals surface area contributed by atoms with Crippen molar-refractivity contribution >= 4 is 43.1 Å². The molecule has 208 valence electrons. The third kappa shape index (κ3) is 4.90. The van der Waals surface area contributed by atoms with E-state index in [2.05, 4.69) is 74.5 Å². The molecule has 8 aromatic rings. The van der Waals surface area contributed by atoms with Gasteiger partial charge in [-0.25, -0.2) is 4.98 Å². The second-order valence-corrected chi connectivity index (χ2v) is 11.8. The Labute approximate surface area is 262 Å². The van der Waals surface area contributed by atoms with Crippen molar-refractivity contribution in [1.82, 2.24) is 24.9 Å². The van der Waals surface area contributed by atoms with Gasteiger partial charge in [0.15, 0.2) is 11.6 Å². The van der Waals surface area contributed by atoms with Crippen molar-refractivity contribution in [3.8, 4) is 56.3 Å². The average Bonchev–Trinajstić information content (AvgIpc) is 3.47. The summed E-state index contributed by atoms with van der Waals surface area (Å²) in [6, 6.07) is 39.4. The monoisotopic (exact) mass is 603 g/mol. The molecule has 4 aromatic carbocycles. The zero-order valence-electron chi connectivity index (χ0n) is 23.2. The highest BCUT2D eigenvalue weighted by molar-refractivity contribution is 7.26. The minimum absolute atomic E-state index is 0.173. The molecule has 0 bridgehead atoms. The second kappa shape index (κ2) is 11.1. The van der Waals surface area contributed by atoms with E-state index in [0.717, 1.165) is 54.7 Å². The third-order valence-electron chi connectivity index (χ3n) is 7.60. The van der Waals surface area contributed by atoms with Gasteiger partial charge in [0.25, 0.3) is 0 Å². The number of benzene rings is 4. The van der Waals surface area contributed by atoms with E-state index in [0.29, 0.717) is 11.6 Å². The van der Waals surface area contributed by atoms with Crippen molar-refractivity contribution in [3.63, 3.8) is 0 Å². The molecule has 0 aliphatic carbocycles. The van der Waals surface area contributed by atoms with E-state index in [1.54, 1.807) is 17.5 Å². The number of halogens is 1. The first-order valence-corrected chi connectivity index (χ1v) is 15.3. The lowest BCUT2D eigenvalue weighted by molar-refractivity contribution is 1.07. The fourth-order valence-corrected chi connectivity index (χ4v) is 6.93. The van der Waals surface area contributed by atoms with E-state index >= 15 is 0 Å². The summed E-state index contributed by atoms with van der Waals surface area (Å²) in [6.07, 6.45) is 5.52. The van der Waals surface area contributed by atoms with Crippen LogP contribution in [0.1, 0.15) is 0 Å². The minimum atomic E-state index is 0.173. The van der Waals surface area contributed by atoms with Crippen molar-refractivity contribution in [3.05, 3.63) is 139 Å². The summed E-state index contributed by atoms with van der Waals surface area (Å²) in [5, 5.41) is 2.52. The smallest absolute Gasteiger partial charge is 0.226 e. The molecule has 0 fully saturated rings. The lowest BCUT2D eigenvalue weighted by atomic mass is 9.95. The van der Waals surface area contributed by atoms with Crippen LogP contribution in [-0.4, -0.2) is 24.9 Å². The zero-order chi connectivity index (χ0) is 29.5. The number of hydrogen-bond acceptors (Lipinski definition) is 6. The maximum atomic E-state index is 6.42. The van der Waals surface area contributed by atoms with Crippen LogP contribution in [0.25, 0.3) is 76.5 Å². The molecule has 0 spiro atoms.